The summed E-state index contributed by atoms with van der Waals surface area (Å²) in [7, 11) is 1.33. The Kier molecular flexibility index (Phi) is 5.83. The average molecular weight is 388 g/mol. The Balaban J connectivity index is 1.57. The fraction of sp³-hybridized carbons (Fsp3) is 0.316. The van der Waals surface area contributed by atoms with Crippen LogP contribution in [-0.2, 0) is 4.79 Å². The number of carbonyl (C=O) groups is 1. The molecule has 3 rings (SSSR count). The van der Waals surface area contributed by atoms with Gasteiger partial charge in [-0.25, -0.2) is 0 Å². The van der Waals surface area contributed by atoms with Crippen molar-refractivity contribution in [3.05, 3.63) is 52.1 Å². The van der Waals surface area contributed by atoms with E-state index >= 15 is 0 Å². The molecule has 28 heavy (non-hydrogen) atoms. The molecule has 9 heteroatoms. The van der Waals surface area contributed by atoms with E-state index in [1.807, 2.05) is 25.1 Å². The van der Waals surface area contributed by atoms with E-state index in [4.69, 9.17) is 18.9 Å². The Hall–Kier alpha value is -3.49. The summed E-state index contributed by atoms with van der Waals surface area (Å²) in [4.78, 5) is 22.5. The molecule has 1 aliphatic heterocycles. The molecule has 1 amide bonds. The van der Waals surface area contributed by atoms with Gasteiger partial charge in [0.15, 0.2) is 18.1 Å². The number of methoxy groups -OCH3 is 1. The highest BCUT2D eigenvalue weighted by atomic mass is 16.6. The summed E-state index contributed by atoms with van der Waals surface area (Å²) in [5, 5.41) is 13.7. The molecule has 0 fully saturated rings. The molecule has 0 bridgehead atoms. The topological polar surface area (TPSA) is 109 Å². The van der Waals surface area contributed by atoms with Crippen LogP contribution in [0.25, 0.3) is 0 Å². The molecule has 0 saturated carbocycles. The van der Waals surface area contributed by atoms with Gasteiger partial charge in [-0.1, -0.05) is 6.07 Å². The number of amides is 1. The number of nitro groups is 1. The summed E-state index contributed by atoms with van der Waals surface area (Å²) in [6.07, 6.45) is 0. The van der Waals surface area contributed by atoms with Crippen molar-refractivity contribution in [2.45, 2.75) is 13.0 Å². The van der Waals surface area contributed by atoms with Crippen LogP contribution in [0.4, 0.5) is 5.69 Å². The lowest BCUT2D eigenvalue weighted by molar-refractivity contribution is -0.385. The summed E-state index contributed by atoms with van der Waals surface area (Å²) in [6, 6.07) is 9.30. The number of ether oxygens (including phenoxy) is 4. The fourth-order valence-electron chi connectivity index (χ4n) is 2.74. The number of carbonyl (C=O) groups excluding carboxylic acids is 1. The molecule has 1 atom stereocenters. The highest BCUT2D eigenvalue weighted by Gasteiger charge is 2.18. The van der Waals surface area contributed by atoms with Gasteiger partial charge >= 0.3 is 5.69 Å². The van der Waals surface area contributed by atoms with Gasteiger partial charge in [-0.3, -0.25) is 14.9 Å². The van der Waals surface area contributed by atoms with Crippen molar-refractivity contribution in [3.8, 4) is 23.0 Å². The summed E-state index contributed by atoms with van der Waals surface area (Å²) >= 11 is 0. The highest BCUT2D eigenvalue weighted by molar-refractivity contribution is 5.78. The Bertz CT molecular complexity index is 885. The zero-order valence-electron chi connectivity index (χ0n) is 15.5. The smallest absolute Gasteiger partial charge is 0.311 e. The molecule has 0 aromatic heterocycles. The number of fused-ring (bicyclic) bond motifs is 1. The highest BCUT2D eigenvalue weighted by Crippen LogP contribution is 2.33. The van der Waals surface area contributed by atoms with Gasteiger partial charge in [-0.15, -0.1) is 0 Å². The molecule has 148 valence electrons. The molecule has 2 aromatic rings. The zero-order chi connectivity index (χ0) is 20.1. The van der Waals surface area contributed by atoms with E-state index in [1.165, 1.54) is 25.3 Å². The third-order valence-electron chi connectivity index (χ3n) is 4.16. The Morgan fingerprint density at radius 1 is 1.21 bits per heavy atom. The van der Waals surface area contributed by atoms with Gasteiger partial charge in [-0.05, 0) is 30.7 Å². The maximum atomic E-state index is 12.2. The fourth-order valence-corrected chi connectivity index (χ4v) is 2.74. The Morgan fingerprint density at radius 2 is 1.96 bits per heavy atom. The Morgan fingerprint density at radius 3 is 2.68 bits per heavy atom. The monoisotopic (exact) mass is 388 g/mol. The first-order chi connectivity index (χ1) is 13.5. The maximum absolute atomic E-state index is 12.2. The van der Waals surface area contributed by atoms with Crippen LogP contribution in [0.2, 0.25) is 0 Å². The first-order valence-corrected chi connectivity index (χ1v) is 8.62. The quantitative estimate of drug-likeness (QED) is 0.573. The van der Waals surface area contributed by atoms with E-state index in [9.17, 15) is 14.9 Å². The molecule has 1 aliphatic rings. The number of benzene rings is 2. The standard InChI is InChI=1S/C19H20N2O7/c1-12(13-3-6-16-18(9-13)27-8-7-26-16)20-19(22)11-28-14-4-5-15(21(23)24)17(10-14)25-2/h3-6,9-10,12H,7-8,11H2,1-2H3,(H,20,22)/t12-/m0/s1. The van der Waals surface area contributed by atoms with Crippen LogP contribution in [0.15, 0.2) is 36.4 Å². The second kappa shape index (κ2) is 8.47. The van der Waals surface area contributed by atoms with Gasteiger partial charge in [0.2, 0.25) is 5.75 Å². The minimum Gasteiger partial charge on any atom is -0.490 e. The number of hydrogen-bond acceptors (Lipinski definition) is 7. The Labute approximate surface area is 161 Å². The summed E-state index contributed by atoms with van der Waals surface area (Å²) < 4.78 is 21.4. The third kappa shape index (κ3) is 4.43. The van der Waals surface area contributed by atoms with Gasteiger partial charge in [0.05, 0.1) is 18.1 Å². The van der Waals surface area contributed by atoms with Crippen molar-refractivity contribution < 1.29 is 28.7 Å². The van der Waals surface area contributed by atoms with Crippen LogP contribution in [0.1, 0.15) is 18.5 Å². The van der Waals surface area contributed by atoms with Crippen LogP contribution < -0.4 is 24.3 Å². The lowest BCUT2D eigenvalue weighted by Crippen LogP contribution is -2.31. The van der Waals surface area contributed by atoms with Gasteiger partial charge in [0, 0.05) is 12.1 Å². The lowest BCUT2D eigenvalue weighted by Gasteiger charge is -2.21. The van der Waals surface area contributed by atoms with Crippen molar-refractivity contribution in [2.75, 3.05) is 26.9 Å². The summed E-state index contributed by atoms with van der Waals surface area (Å²) in [5.41, 5.74) is 0.695. The van der Waals surface area contributed by atoms with Crippen LogP contribution in [0.5, 0.6) is 23.0 Å². The van der Waals surface area contributed by atoms with Gasteiger partial charge in [0.25, 0.3) is 5.91 Å². The third-order valence-corrected chi connectivity index (χ3v) is 4.16. The molecule has 1 heterocycles. The van der Waals surface area contributed by atoms with Crippen molar-refractivity contribution in [1.82, 2.24) is 5.32 Å². The molecular weight excluding hydrogens is 368 g/mol. The van der Waals surface area contributed by atoms with Crippen molar-refractivity contribution in [2.24, 2.45) is 0 Å². The molecule has 2 aromatic carbocycles. The van der Waals surface area contributed by atoms with Gasteiger partial charge in [0.1, 0.15) is 19.0 Å². The average Bonchev–Trinajstić information content (AvgIpc) is 2.71. The van der Waals surface area contributed by atoms with E-state index in [-0.39, 0.29) is 30.0 Å². The molecule has 0 aliphatic carbocycles. The molecule has 0 saturated heterocycles. The molecule has 0 spiro atoms. The number of nitrogens with zero attached hydrogens (tertiary/aromatic N) is 1. The van der Waals surface area contributed by atoms with Crippen molar-refractivity contribution in [1.29, 1.82) is 0 Å². The van der Waals surface area contributed by atoms with E-state index in [0.29, 0.717) is 30.5 Å². The van der Waals surface area contributed by atoms with E-state index in [2.05, 4.69) is 5.32 Å². The predicted molar refractivity (Wildman–Crippen MR) is 99.1 cm³/mol. The molecule has 0 unspecified atom stereocenters. The summed E-state index contributed by atoms with van der Waals surface area (Å²) in [5.74, 6) is 1.36. The van der Waals surface area contributed by atoms with Crippen LogP contribution >= 0.6 is 0 Å². The van der Waals surface area contributed by atoms with E-state index in [1.54, 1.807) is 0 Å². The SMILES string of the molecule is COc1cc(OCC(=O)N[C@@H](C)c2ccc3c(c2)OCCO3)ccc1[N+](=O)[O-]. The largest absolute Gasteiger partial charge is 0.490 e. The van der Waals surface area contributed by atoms with Crippen molar-refractivity contribution in [3.63, 3.8) is 0 Å². The molecule has 1 N–H and O–H groups in total. The van der Waals surface area contributed by atoms with Crippen LogP contribution in [0, 0.1) is 10.1 Å². The first kappa shape index (κ1) is 19.3. The van der Waals surface area contributed by atoms with E-state index in [0.717, 1.165) is 5.56 Å². The normalized spacial score (nSPS) is 13.4. The first-order valence-electron chi connectivity index (χ1n) is 8.62. The number of rotatable bonds is 7. The minimum absolute atomic E-state index is 0.0626. The molecule has 0 radical (unpaired) electrons. The zero-order valence-corrected chi connectivity index (χ0v) is 15.5. The van der Waals surface area contributed by atoms with Crippen LogP contribution in [-0.4, -0.2) is 37.8 Å². The second-order valence-electron chi connectivity index (χ2n) is 6.07. The second-order valence-corrected chi connectivity index (χ2v) is 6.07. The van der Waals surface area contributed by atoms with Crippen molar-refractivity contribution >= 4 is 11.6 Å². The molecule has 9 nitrogen and oxygen atoms in total. The molecular formula is C19H20N2O7. The number of nitrogens with one attached hydrogen (secondary N) is 1. The van der Waals surface area contributed by atoms with Gasteiger partial charge in [-0.2, -0.15) is 0 Å². The van der Waals surface area contributed by atoms with Gasteiger partial charge < -0.3 is 24.3 Å². The predicted octanol–water partition coefficient (Wildman–Crippen LogP) is 2.63. The number of nitro benzene ring substituents is 1. The van der Waals surface area contributed by atoms with E-state index < -0.39 is 4.92 Å². The minimum atomic E-state index is -0.551. The number of hydrogen-bond donors (Lipinski definition) is 1. The summed E-state index contributed by atoms with van der Waals surface area (Å²) in [6.45, 7) is 2.61. The lowest BCUT2D eigenvalue weighted by atomic mass is 10.1. The maximum Gasteiger partial charge on any atom is 0.311 e. The van der Waals surface area contributed by atoms with Crippen LogP contribution in [0.3, 0.4) is 0 Å².